The average Bonchev–Trinajstić information content (AvgIpc) is 3.91. The maximum absolute atomic E-state index is 5.51. The fourth-order valence-electron chi connectivity index (χ4n) is 8.57. The summed E-state index contributed by atoms with van der Waals surface area (Å²) < 4.78 is 4.93. The maximum Gasteiger partial charge on any atom is 0.160 e. The number of hydrogen-bond acceptors (Lipinski definition) is 5. The first-order valence-corrected chi connectivity index (χ1v) is 21.7. The van der Waals surface area contributed by atoms with Gasteiger partial charge in [-0.25, -0.2) is 15.0 Å². The number of rotatable bonds is 6. The Balaban J connectivity index is 1.02. The van der Waals surface area contributed by atoms with Crippen LogP contribution >= 0.6 is 22.7 Å². The fourth-order valence-corrected chi connectivity index (χ4v) is 11.0. The van der Waals surface area contributed by atoms with Crippen molar-refractivity contribution < 1.29 is 0 Å². The third-order valence-corrected chi connectivity index (χ3v) is 13.9. The average molecular weight is 800 g/mol. The van der Waals surface area contributed by atoms with Crippen molar-refractivity contribution >= 4 is 73.9 Å². The molecule has 5 heteroatoms. The lowest BCUT2D eigenvalue weighted by Crippen LogP contribution is -1.96. The quantitative estimate of drug-likeness (QED) is 0.168. The molecule has 0 bridgehead atoms. The van der Waals surface area contributed by atoms with E-state index in [1.807, 2.05) is 28.7 Å². The summed E-state index contributed by atoms with van der Waals surface area (Å²) in [4.78, 5) is 16.1. The van der Waals surface area contributed by atoms with Crippen LogP contribution < -0.4 is 0 Å². The van der Waals surface area contributed by atoms with Gasteiger partial charge in [-0.1, -0.05) is 170 Å². The van der Waals surface area contributed by atoms with Crippen molar-refractivity contribution in [2.45, 2.75) is 0 Å². The largest absolute Gasteiger partial charge is 0.246 e. The Morgan fingerprint density at radius 3 is 1.68 bits per heavy atom. The number of aromatic nitrogens is 3. The lowest BCUT2D eigenvalue weighted by molar-refractivity contribution is 1.19. The van der Waals surface area contributed by atoms with Gasteiger partial charge in [0.2, 0.25) is 0 Å². The van der Waals surface area contributed by atoms with Gasteiger partial charge in [0.05, 0.1) is 27.3 Å². The zero-order valence-electron chi connectivity index (χ0n) is 32.2. The van der Waals surface area contributed by atoms with E-state index in [1.165, 1.54) is 51.5 Å². The van der Waals surface area contributed by atoms with Gasteiger partial charge < -0.3 is 0 Å². The van der Waals surface area contributed by atoms with E-state index in [0.29, 0.717) is 5.82 Å². The van der Waals surface area contributed by atoms with Gasteiger partial charge in [-0.3, -0.25) is 0 Å². The Bertz CT molecular complexity index is 3590. The highest BCUT2D eigenvalue weighted by Gasteiger charge is 2.19. The second-order valence-corrected chi connectivity index (χ2v) is 17.2. The summed E-state index contributed by atoms with van der Waals surface area (Å²) in [5.41, 5.74) is 12.6. The van der Waals surface area contributed by atoms with Crippen LogP contribution in [0.3, 0.4) is 0 Å². The van der Waals surface area contributed by atoms with Crippen LogP contribution in [-0.4, -0.2) is 15.0 Å². The molecule has 3 nitrogen and oxygen atoms in total. The molecule has 4 aromatic heterocycles. The first kappa shape index (κ1) is 34.7. The molecule has 0 unspecified atom stereocenters. The summed E-state index contributed by atoms with van der Waals surface area (Å²) in [6, 6.07) is 71.2. The van der Waals surface area contributed by atoms with Crippen molar-refractivity contribution in [2.24, 2.45) is 0 Å². The number of thiophene rings is 2. The minimum Gasteiger partial charge on any atom is -0.246 e. The summed E-state index contributed by atoms with van der Waals surface area (Å²) in [6.07, 6.45) is 0. The van der Waals surface area contributed by atoms with Gasteiger partial charge >= 0.3 is 0 Å². The van der Waals surface area contributed by atoms with Crippen molar-refractivity contribution in [3.63, 3.8) is 0 Å². The second-order valence-electron chi connectivity index (χ2n) is 15.1. The molecule has 12 aromatic rings. The topological polar surface area (TPSA) is 38.7 Å². The van der Waals surface area contributed by atoms with Crippen LogP contribution in [0.1, 0.15) is 0 Å². The van der Waals surface area contributed by atoms with E-state index < -0.39 is 0 Å². The Kier molecular flexibility index (Phi) is 8.22. The molecule has 0 spiro atoms. The van der Waals surface area contributed by atoms with E-state index in [9.17, 15) is 0 Å². The molecule has 0 saturated carbocycles. The smallest absolute Gasteiger partial charge is 0.160 e. The molecular formula is C55H33N3S2. The number of benzene rings is 8. The molecule has 4 heterocycles. The number of pyridine rings is 1. The summed E-state index contributed by atoms with van der Waals surface area (Å²) in [7, 11) is 0. The molecule has 0 saturated heterocycles. The van der Waals surface area contributed by atoms with Gasteiger partial charge in [-0.2, -0.15) is 0 Å². The van der Waals surface area contributed by atoms with E-state index in [1.54, 1.807) is 0 Å². The first-order chi connectivity index (χ1) is 29.7. The SMILES string of the molecule is c1ccc(-c2ccc(-c3ccc4c(c3)nc(-c3cccc(-c5nc(-c6ccccc6)cc(-c6cccc7c6sc6ccccc67)n5)c3)c3sc5ccccc5c34)cc2)cc1. The molecule has 0 N–H and O–H groups in total. The van der Waals surface area contributed by atoms with Gasteiger partial charge in [-0.05, 0) is 52.6 Å². The molecule has 0 aliphatic heterocycles. The molecular weight excluding hydrogens is 767 g/mol. The van der Waals surface area contributed by atoms with Gasteiger partial charge in [0, 0.05) is 63.3 Å². The van der Waals surface area contributed by atoms with Crippen molar-refractivity contribution in [3.8, 4) is 67.4 Å². The third kappa shape index (κ3) is 5.90. The summed E-state index contributed by atoms with van der Waals surface area (Å²) in [5, 5.41) is 6.17. The molecule has 60 heavy (non-hydrogen) atoms. The van der Waals surface area contributed by atoms with E-state index in [4.69, 9.17) is 15.0 Å². The molecule has 0 atom stereocenters. The molecule has 0 amide bonds. The van der Waals surface area contributed by atoms with Crippen LogP contribution in [0.5, 0.6) is 0 Å². The van der Waals surface area contributed by atoms with Crippen LogP contribution in [0, 0.1) is 0 Å². The Hall–Kier alpha value is -7.31. The number of hydrogen-bond donors (Lipinski definition) is 0. The summed E-state index contributed by atoms with van der Waals surface area (Å²) >= 11 is 3.63. The summed E-state index contributed by atoms with van der Waals surface area (Å²) in [6.45, 7) is 0. The Morgan fingerprint density at radius 1 is 0.317 bits per heavy atom. The van der Waals surface area contributed by atoms with E-state index in [-0.39, 0.29) is 0 Å². The van der Waals surface area contributed by atoms with Gasteiger partial charge in [0.1, 0.15) is 0 Å². The van der Waals surface area contributed by atoms with Crippen LogP contribution in [0.2, 0.25) is 0 Å². The monoisotopic (exact) mass is 799 g/mol. The Labute approximate surface area is 354 Å². The lowest BCUT2D eigenvalue weighted by atomic mass is 9.97. The number of nitrogens with zero attached hydrogens (tertiary/aromatic N) is 3. The van der Waals surface area contributed by atoms with Crippen molar-refractivity contribution in [1.82, 2.24) is 15.0 Å². The molecule has 280 valence electrons. The predicted octanol–water partition coefficient (Wildman–Crippen LogP) is 15.8. The molecule has 8 aromatic carbocycles. The second kappa shape index (κ2) is 14.2. The molecule has 0 radical (unpaired) electrons. The van der Waals surface area contributed by atoms with Gasteiger partial charge in [0.25, 0.3) is 0 Å². The van der Waals surface area contributed by atoms with Crippen LogP contribution in [0.15, 0.2) is 200 Å². The van der Waals surface area contributed by atoms with Crippen molar-refractivity contribution in [2.75, 3.05) is 0 Å². The van der Waals surface area contributed by atoms with Crippen molar-refractivity contribution in [1.29, 1.82) is 0 Å². The zero-order valence-corrected chi connectivity index (χ0v) is 33.8. The standard InChI is InChI=1S/C55H33N3S2/c1-3-13-34(14-4-1)35-25-27-36(28-26-35)38-29-30-43-47(32-38)56-52(54-51(43)45-20-8-10-24-50(45)60-54)39-17-11-18-40(31-39)55-57-46(37-15-5-2-6-16-37)33-48(58-55)44-22-12-21-42-41-19-7-9-23-49(41)59-53(42)44/h1-33H. The Morgan fingerprint density at radius 2 is 0.883 bits per heavy atom. The minimum atomic E-state index is 0.681. The molecule has 0 aliphatic carbocycles. The normalized spacial score (nSPS) is 11.7. The molecule has 12 rings (SSSR count). The van der Waals surface area contributed by atoms with Crippen LogP contribution in [0.25, 0.3) is 119 Å². The van der Waals surface area contributed by atoms with Crippen LogP contribution in [0.4, 0.5) is 0 Å². The van der Waals surface area contributed by atoms with E-state index in [2.05, 4.69) is 194 Å². The highest BCUT2D eigenvalue weighted by Crippen LogP contribution is 2.45. The highest BCUT2D eigenvalue weighted by molar-refractivity contribution is 7.26. The van der Waals surface area contributed by atoms with Gasteiger partial charge in [-0.15, -0.1) is 22.7 Å². The van der Waals surface area contributed by atoms with Crippen LogP contribution in [-0.2, 0) is 0 Å². The minimum absolute atomic E-state index is 0.681. The zero-order chi connectivity index (χ0) is 39.6. The fraction of sp³-hybridized carbons (Fsp3) is 0. The first-order valence-electron chi connectivity index (χ1n) is 20.1. The lowest BCUT2D eigenvalue weighted by Gasteiger charge is -2.12. The summed E-state index contributed by atoms with van der Waals surface area (Å²) in [5.74, 6) is 0.681. The highest BCUT2D eigenvalue weighted by atomic mass is 32.1. The van der Waals surface area contributed by atoms with E-state index >= 15 is 0 Å². The number of fused-ring (bicyclic) bond motifs is 8. The predicted molar refractivity (Wildman–Crippen MR) is 256 cm³/mol. The third-order valence-electron chi connectivity index (χ3n) is 11.5. The molecule has 0 aliphatic rings. The molecule has 0 fully saturated rings. The maximum atomic E-state index is 5.51. The van der Waals surface area contributed by atoms with Crippen molar-refractivity contribution in [3.05, 3.63) is 200 Å². The van der Waals surface area contributed by atoms with E-state index in [0.717, 1.165) is 61.4 Å². The van der Waals surface area contributed by atoms with Gasteiger partial charge in [0.15, 0.2) is 5.82 Å².